The van der Waals surface area contributed by atoms with Gasteiger partial charge in [-0.25, -0.2) is 0 Å². The van der Waals surface area contributed by atoms with Crippen molar-refractivity contribution in [2.24, 2.45) is 11.8 Å². The van der Waals surface area contributed by atoms with Crippen LogP contribution in [0.1, 0.15) is 34.1 Å². The van der Waals surface area contributed by atoms with Gasteiger partial charge in [0.15, 0.2) is 0 Å². The lowest BCUT2D eigenvalue weighted by Crippen LogP contribution is -2.45. The van der Waals surface area contributed by atoms with Crippen LogP contribution in [-0.2, 0) is 0 Å². The third-order valence-electron chi connectivity index (χ3n) is 3.54. The molecule has 1 heteroatoms. The summed E-state index contributed by atoms with van der Waals surface area (Å²) in [4.78, 5) is 2.70. The lowest BCUT2D eigenvalue weighted by Gasteiger charge is -2.38. The molecule has 2 bridgehead atoms. The van der Waals surface area contributed by atoms with E-state index < -0.39 is 0 Å². The molecule has 1 aliphatic carbocycles. The molecular weight excluding hydrogens is 158 g/mol. The first-order valence-corrected chi connectivity index (χ1v) is 5.57. The molecule has 0 N–H and O–H groups in total. The predicted octanol–water partition coefficient (Wildman–Crippen LogP) is 2.68. The second-order valence-corrected chi connectivity index (χ2v) is 5.13. The number of fused-ring (bicyclic) bond motifs is 2. The van der Waals surface area contributed by atoms with Crippen molar-refractivity contribution in [3.05, 3.63) is 12.2 Å². The third-order valence-corrected chi connectivity index (χ3v) is 3.54. The molecule has 0 radical (unpaired) electrons. The van der Waals surface area contributed by atoms with Crippen LogP contribution in [0, 0.1) is 11.8 Å². The molecule has 1 fully saturated rings. The summed E-state index contributed by atoms with van der Waals surface area (Å²) in [6, 6.07) is 2.25. The molecule has 0 spiro atoms. The number of hydrogen-bond acceptors (Lipinski definition) is 1. The Morgan fingerprint density at radius 1 is 1.15 bits per heavy atom. The molecule has 0 saturated carbocycles. The molecule has 0 unspecified atom stereocenters. The molecule has 0 amide bonds. The van der Waals surface area contributed by atoms with E-state index >= 15 is 0 Å². The highest BCUT2D eigenvalue weighted by Gasteiger charge is 2.44. The first kappa shape index (κ1) is 9.26. The van der Waals surface area contributed by atoms with Crippen LogP contribution in [0.25, 0.3) is 0 Å². The maximum atomic E-state index is 2.70. The van der Waals surface area contributed by atoms with Gasteiger partial charge in [0.1, 0.15) is 0 Å². The quantitative estimate of drug-likeness (QED) is 0.589. The molecule has 1 aliphatic heterocycles. The van der Waals surface area contributed by atoms with Gasteiger partial charge in [-0.05, 0) is 32.1 Å². The van der Waals surface area contributed by atoms with E-state index in [0.717, 1.165) is 23.9 Å². The van der Waals surface area contributed by atoms with Crippen LogP contribution in [0.5, 0.6) is 0 Å². The molecule has 0 aromatic rings. The Balaban J connectivity index is 2.20. The second kappa shape index (κ2) is 3.13. The third kappa shape index (κ3) is 1.34. The van der Waals surface area contributed by atoms with Crippen molar-refractivity contribution in [1.82, 2.24) is 4.90 Å². The maximum absolute atomic E-state index is 2.70. The van der Waals surface area contributed by atoms with E-state index in [9.17, 15) is 0 Å². The van der Waals surface area contributed by atoms with E-state index in [4.69, 9.17) is 0 Å². The minimum absolute atomic E-state index is 0.701. The molecule has 1 saturated heterocycles. The standard InChI is InChI=1S/C12H21N/c1-8(2)12-10-5-6-11(7-10)13(12)9(3)4/h5-6,8-12H,7H2,1-4H3/t10-,11+,12+/m0/s1. The van der Waals surface area contributed by atoms with Crippen molar-refractivity contribution in [3.63, 3.8) is 0 Å². The van der Waals surface area contributed by atoms with E-state index in [2.05, 4.69) is 44.7 Å². The Kier molecular flexibility index (Phi) is 2.23. The Labute approximate surface area is 81.8 Å². The highest BCUT2D eigenvalue weighted by molar-refractivity contribution is 5.17. The summed E-state index contributed by atoms with van der Waals surface area (Å²) in [7, 11) is 0. The zero-order valence-corrected chi connectivity index (χ0v) is 9.20. The van der Waals surface area contributed by atoms with Crippen molar-refractivity contribution in [2.75, 3.05) is 0 Å². The van der Waals surface area contributed by atoms with Crippen molar-refractivity contribution >= 4 is 0 Å². The second-order valence-electron chi connectivity index (χ2n) is 5.13. The zero-order chi connectivity index (χ0) is 9.59. The fourth-order valence-corrected chi connectivity index (χ4v) is 3.19. The average molecular weight is 179 g/mol. The summed E-state index contributed by atoms with van der Waals surface area (Å²) >= 11 is 0. The van der Waals surface area contributed by atoms with Gasteiger partial charge < -0.3 is 0 Å². The Hall–Kier alpha value is -0.300. The van der Waals surface area contributed by atoms with Crippen LogP contribution in [0.4, 0.5) is 0 Å². The Morgan fingerprint density at radius 2 is 1.85 bits per heavy atom. The topological polar surface area (TPSA) is 3.24 Å². The predicted molar refractivity (Wildman–Crippen MR) is 56.6 cm³/mol. The SMILES string of the molecule is CC(C)[C@@H]1[C@H]2C=C[C@H](C2)N1C(C)C. The first-order chi connectivity index (χ1) is 6.11. The van der Waals surface area contributed by atoms with Gasteiger partial charge in [0, 0.05) is 18.1 Å². The average Bonchev–Trinajstić information content (AvgIpc) is 2.60. The maximum Gasteiger partial charge on any atom is 0.0290 e. The molecule has 2 aliphatic rings. The van der Waals surface area contributed by atoms with Crippen molar-refractivity contribution < 1.29 is 0 Å². The summed E-state index contributed by atoms with van der Waals surface area (Å²) in [5.74, 6) is 1.63. The molecule has 0 aromatic heterocycles. The summed E-state index contributed by atoms with van der Waals surface area (Å²) in [6.45, 7) is 9.36. The van der Waals surface area contributed by atoms with Crippen LogP contribution in [0.3, 0.4) is 0 Å². The van der Waals surface area contributed by atoms with Crippen LogP contribution < -0.4 is 0 Å². The van der Waals surface area contributed by atoms with Crippen molar-refractivity contribution in [2.45, 2.75) is 52.2 Å². The molecule has 2 rings (SSSR count). The minimum Gasteiger partial charge on any atom is -0.291 e. The smallest absolute Gasteiger partial charge is 0.0290 e. The molecule has 0 aromatic carbocycles. The Morgan fingerprint density at radius 3 is 2.31 bits per heavy atom. The van der Waals surface area contributed by atoms with Gasteiger partial charge in [0.2, 0.25) is 0 Å². The molecular formula is C12H21N. The molecule has 74 valence electrons. The van der Waals surface area contributed by atoms with E-state index in [1.165, 1.54) is 6.42 Å². The number of hydrogen-bond donors (Lipinski definition) is 0. The molecule has 3 atom stereocenters. The van der Waals surface area contributed by atoms with Gasteiger partial charge >= 0.3 is 0 Å². The van der Waals surface area contributed by atoms with E-state index in [1.807, 2.05) is 0 Å². The van der Waals surface area contributed by atoms with Crippen molar-refractivity contribution in [3.8, 4) is 0 Å². The van der Waals surface area contributed by atoms with E-state index in [1.54, 1.807) is 0 Å². The van der Waals surface area contributed by atoms with Gasteiger partial charge in [-0.3, -0.25) is 4.90 Å². The van der Waals surface area contributed by atoms with Crippen LogP contribution in [-0.4, -0.2) is 23.0 Å². The van der Waals surface area contributed by atoms with E-state index in [-0.39, 0.29) is 0 Å². The lowest BCUT2D eigenvalue weighted by atomic mass is 9.91. The molecule has 13 heavy (non-hydrogen) atoms. The molecule has 1 nitrogen and oxygen atoms in total. The summed E-state index contributed by atoms with van der Waals surface area (Å²) in [5.41, 5.74) is 0. The van der Waals surface area contributed by atoms with Gasteiger partial charge in [-0.1, -0.05) is 26.0 Å². The highest BCUT2D eigenvalue weighted by Crippen LogP contribution is 2.41. The number of likely N-dealkylation sites (tertiary alicyclic amines) is 1. The lowest BCUT2D eigenvalue weighted by molar-refractivity contribution is 0.121. The van der Waals surface area contributed by atoms with Gasteiger partial charge in [0.05, 0.1) is 0 Å². The van der Waals surface area contributed by atoms with Gasteiger partial charge in [-0.2, -0.15) is 0 Å². The normalized spacial score (nSPS) is 38.5. The van der Waals surface area contributed by atoms with Crippen LogP contribution in [0.2, 0.25) is 0 Å². The summed E-state index contributed by atoms with van der Waals surface area (Å²) in [5, 5.41) is 0. The van der Waals surface area contributed by atoms with Gasteiger partial charge in [0.25, 0.3) is 0 Å². The fraction of sp³-hybridized carbons (Fsp3) is 0.833. The molecule has 1 heterocycles. The Bertz CT molecular complexity index is 195. The monoisotopic (exact) mass is 179 g/mol. The van der Waals surface area contributed by atoms with E-state index in [0.29, 0.717) is 6.04 Å². The highest BCUT2D eigenvalue weighted by atomic mass is 15.2. The summed E-state index contributed by atoms with van der Waals surface area (Å²) in [6.07, 6.45) is 6.22. The minimum atomic E-state index is 0.701. The number of nitrogens with zero attached hydrogens (tertiary/aromatic N) is 1. The van der Waals surface area contributed by atoms with Crippen LogP contribution in [0.15, 0.2) is 12.2 Å². The largest absolute Gasteiger partial charge is 0.291 e. The van der Waals surface area contributed by atoms with Crippen LogP contribution >= 0.6 is 0 Å². The van der Waals surface area contributed by atoms with Crippen molar-refractivity contribution in [1.29, 1.82) is 0 Å². The number of rotatable bonds is 2. The first-order valence-electron chi connectivity index (χ1n) is 5.57. The summed E-state index contributed by atoms with van der Waals surface area (Å²) < 4.78 is 0. The fourth-order valence-electron chi connectivity index (χ4n) is 3.19. The zero-order valence-electron chi connectivity index (χ0n) is 9.20. The van der Waals surface area contributed by atoms with Gasteiger partial charge in [-0.15, -0.1) is 0 Å².